The van der Waals surface area contributed by atoms with E-state index in [1.54, 1.807) is 0 Å². The Labute approximate surface area is 182 Å². The van der Waals surface area contributed by atoms with Crippen LogP contribution in [0.25, 0.3) is 10.9 Å². The van der Waals surface area contributed by atoms with Crippen molar-refractivity contribution in [2.75, 3.05) is 25.0 Å². The van der Waals surface area contributed by atoms with Crippen molar-refractivity contribution in [1.82, 2.24) is 14.8 Å². The molecule has 3 aromatic rings. The highest BCUT2D eigenvalue weighted by Gasteiger charge is 2.42. The zero-order valence-corrected chi connectivity index (χ0v) is 18.3. The molecule has 1 atom stereocenters. The molecule has 2 aliphatic rings. The SMILES string of the molecule is CC(C)CNC(=O)Cn1c2c(c3ccccc31)CCN1C(=O)c3ccccc3N(C)C21. The maximum absolute atomic E-state index is 13.3. The Bertz CT molecular complexity index is 1180. The summed E-state index contributed by atoms with van der Waals surface area (Å²) >= 11 is 0. The van der Waals surface area contributed by atoms with E-state index in [2.05, 4.69) is 40.8 Å². The average Bonchev–Trinajstić information content (AvgIpc) is 3.09. The second-order valence-electron chi connectivity index (χ2n) is 8.92. The van der Waals surface area contributed by atoms with Gasteiger partial charge in [-0.3, -0.25) is 9.59 Å². The number of hydrogen-bond donors (Lipinski definition) is 1. The molecule has 1 unspecified atom stereocenters. The fraction of sp³-hybridized carbons (Fsp3) is 0.360. The third-order valence-corrected chi connectivity index (χ3v) is 6.41. The number of para-hydroxylation sites is 2. The van der Waals surface area contributed by atoms with E-state index in [0.29, 0.717) is 19.0 Å². The van der Waals surface area contributed by atoms with Gasteiger partial charge >= 0.3 is 0 Å². The molecule has 0 aliphatic carbocycles. The van der Waals surface area contributed by atoms with Crippen LogP contribution in [0.3, 0.4) is 0 Å². The molecule has 1 aromatic heterocycles. The number of rotatable bonds is 4. The van der Waals surface area contributed by atoms with Crippen LogP contribution >= 0.6 is 0 Å². The molecule has 2 aromatic carbocycles. The Kier molecular flexibility index (Phi) is 4.73. The summed E-state index contributed by atoms with van der Waals surface area (Å²) in [6.07, 6.45) is 0.561. The Morgan fingerprint density at radius 2 is 1.87 bits per heavy atom. The van der Waals surface area contributed by atoms with E-state index in [1.807, 2.05) is 48.3 Å². The van der Waals surface area contributed by atoms with Crippen molar-refractivity contribution in [1.29, 1.82) is 0 Å². The van der Waals surface area contributed by atoms with Gasteiger partial charge in [-0.2, -0.15) is 0 Å². The highest BCUT2D eigenvalue weighted by atomic mass is 16.2. The van der Waals surface area contributed by atoms with Gasteiger partial charge in [0.05, 0.1) is 16.9 Å². The maximum Gasteiger partial charge on any atom is 0.257 e. The van der Waals surface area contributed by atoms with Crippen LogP contribution in [0.15, 0.2) is 48.5 Å². The number of nitrogens with zero attached hydrogens (tertiary/aromatic N) is 3. The molecule has 1 N–H and O–H groups in total. The summed E-state index contributed by atoms with van der Waals surface area (Å²) in [7, 11) is 2.04. The average molecular weight is 417 g/mol. The molecule has 0 bridgehead atoms. The van der Waals surface area contributed by atoms with Gasteiger partial charge in [-0.15, -0.1) is 0 Å². The first kappa shape index (κ1) is 19.7. The van der Waals surface area contributed by atoms with Crippen molar-refractivity contribution in [2.45, 2.75) is 33.0 Å². The summed E-state index contributed by atoms with van der Waals surface area (Å²) in [5.74, 6) is 0.457. The Morgan fingerprint density at radius 3 is 2.68 bits per heavy atom. The fourth-order valence-corrected chi connectivity index (χ4v) is 5.00. The van der Waals surface area contributed by atoms with E-state index < -0.39 is 0 Å². The van der Waals surface area contributed by atoms with Crippen molar-refractivity contribution >= 4 is 28.4 Å². The molecule has 0 saturated carbocycles. The predicted molar refractivity (Wildman–Crippen MR) is 122 cm³/mol. The minimum atomic E-state index is -0.226. The zero-order chi connectivity index (χ0) is 21.7. The van der Waals surface area contributed by atoms with Gasteiger partial charge in [0.15, 0.2) is 0 Å². The standard InChI is InChI=1S/C25H28N4O2/c1-16(2)14-26-22(30)15-29-21-11-7-4-8-17(21)18-12-13-28-24(23(18)29)27(3)20-10-6-5-9-19(20)25(28)31/h4-11,16,24H,12-15H2,1-3H3,(H,26,30). The number of hydrogen-bond acceptors (Lipinski definition) is 3. The van der Waals surface area contributed by atoms with E-state index in [0.717, 1.165) is 28.9 Å². The highest BCUT2D eigenvalue weighted by molar-refractivity contribution is 6.02. The largest absolute Gasteiger partial charge is 0.354 e. The van der Waals surface area contributed by atoms with Crippen molar-refractivity contribution < 1.29 is 9.59 Å². The molecule has 3 heterocycles. The molecule has 0 spiro atoms. The molecule has 6 heteroatoms. The van der Waals surface area contributed by atoms with Gasteiger partial charge < -0.3 is 19.7 Å². The van der Waals surface area contributed by atoms with Gasteiger partial charge in [0.2, 0.25) is 5.91 Å². The minimum absolute atomic E-state index is 0.000402. The summed E-state index contributed by atoms with van der Waals surface area (Å²) in [6, 6.07) is 16.0. The molecule has 0 fully saturated rings. The monoisotopic (exact) mass is 416 g/mol. The topological polar surface area (TPSA) is 57.6 Å². The van der Waals surface area contributed by atoms with E-state index in [1.165, 1.54) is 10.9 Å². The first-order chi connectivity index (χ1) is 15.0. The number of carbonyl (C=O) groups excluding carboxylic acids is 2. The van der Waals surface area contributed by atoms with Crippen LogP contribution in [-0.2, 0) is 17.8 Å². The van der Waals surface area contributed by atoms with Crippen LogP contribution in [0.1, 0.15) is 41.6 Å². The number of carbonyl (C=O) groups is 2. The molecule has 0 radical (unpaired) electrons. The third-order valence-electron chi connectivity index (χ3n) is 6.41. The lowest BCUT2D eigenvalue weighted by molar-refractivity contribution is -0.121. The Balaban J connectivity index is 1.65. The van der Waals surface area contributed by atoms with Gasteiger partial charge in [-0.1, -0.05) is 44.2 Å². The second-order valence-corrected chi connectivity index (χ2v) is 8.92. The number of fused-ring (bicyclic) bond motifs is 6. The summed E-state index contributed by atoms with van der Waals surface area (Å²) in [5, 5.41) is 4.22. The van der Waals surface area contributed by atoms with Crippen molar-refractivity contribution in [3.8, 4) is 0 Å². The van der Waals surface area contributed by atoms with Crippen molar-refractivity contribution in [2.24, 2.45) is 5.92 Å². The summed E-state index contributed by atoms with van der Waals surface area (Å²) in [4.78, 5) is 30.3. The summed E-state index contributed by atoms with van der Waals surface area (Å²) in [6.45, 7) is 5.75. The molecular formula is C25H28N4O2. The van der Waals surface area contributed by atoms with Crippen LogP contribution in [0.5, 0.6) is 0 Å². The lowest BCUT2D eigenvalue weighted by Crippen LogP contribution is -2.51. The molecule has 31 heavy (non-hydrogen) atoms. The zero-order valence-electron chi connectivity index (χ0n) is 18.3. The lowest BCUT2D eigenvalue weighted by atomic mass is 9.96. The van der Waals surface area contributed by atoms with E-state index in [-0.39, 0.29) is 24.5 Å². The smallest absolute Gasteiger partial charge is 0.257 e. The summed E-state index contributed by atoms with van der Waals surface area (Å²) in [5.41, 5.74) is 5.02. The Hall–Kier alpha value is -3.28. The van der Waals surface area contributed by atoms with Crippen LogP contribution < -0.4 is 10.2 Å². The molecule has 0 saturated heterocycles. The number of amides is 2. The van der Waals surface area contributed by atoms with E-state index in [9.17, 15) is 9.59 Å². The molecular weight excluding hydrogens is 388 g/mol. The normalized spacial score (nSPS) is 17.5. The molecule has 2 aliphatic heterocycles. The number of anilines is 1. The van der Waals surface area contributed by atoms with Gasteiger partial charge in [0, 0.05) is 31.0 Å². The Morgan fingerprint density at radius 1 is 1.13 bits per heavy atom. The fourth-order valence-electron chi connectivity index (χ4n) is 5.00. The lowest BCUT2D eigenvalue weighted by Gasteiger charge is -2.46. The van der Waals surface area contributed by atoms with Gasteiger partial charge in [-0.25, -0.2) is 0 Å². The number of nitrogens with one attached hydrogen (secondary N) is 1. The molecule has 160 valence electrons. The van der Waals surface area contributed by atoms with Crippen LogP contribution in [0.2, 0.25) is 0 Å². The second kappa shape index (κ2) is 7.45. The molecule has 2 amide bonds. The van der Waals surface area contributed by atoms with E-state index in [4.69, 9.17) is 0 Å². The minimum Gasteiger partial charge on any atom is -0.354 e. The van der Waals surface area contributed by atoms with E-state index >= 15 is 0 Å². The third kappa shape index (κ3) is 3.09. The van der Waals surface area contributed by atoms with Gasteiger partial charge in [-0.05, 0) is 36.1 Å². The van der Waals surface area contributed by atoms with Crippen LogP contribution in [0.4, 0.5) is 5.69 Å². The maximum atomic E-state index is 13.3. The van der Waals surface area contributed by atoms with Gasteiger partial charge in [0.1, 0.15) is 12.7 Å². The molecule has 6 nitrogen and oxygen atoms in total. The summed E-state index contributed by atoms with van der Waals surface area (Å²) < 4.78 is 2.12. The quantitative estimate of drug-likeness (QED) is 0.708. The van der Waals surface area contributed by atoms with Crippen LogP contribution in [-0.4, -0.2) is 41.4 Å². The first-order valence-corrected chi connectivity index (χ1v) is 11.0. The highest BCUT2D eigenvalue weighted by Crippen LogP contribution is 2.44. The number of benzene rings is 2. The molecule has 5 rings (SSSR count). The predicted octanol–water partition coefficient (Wildman–Crippen LogP) is 3.56. The number of aromatic nitrogens is 1. The van der Waals surface area contributed by atoms with Crippen molar-refractivity contribution in [3.63, 3.8) is 0 Å². The first-order valence-electron chi connectivity index (χ1n) is 11.0. The van der Waals surface area contributed by atoms with Crippen molar-refractivity contribution in [3.05, 3.63) is 65.4 Å². The van der Waals surface area contributed by atoms with Crippen LogP contribution in [0, 0.1) is 5.92 Å². The van der Waals surface area contributed by atoms with Gasteiger partial charge in [0.25, 0.3) is 5.91 Å².